The first-order valence-electron chi connectivity index (χ1n) is 8.00. The summed E-state index contributed by atoms with van der Waals surface area (Å²) in [4.78, 5) is 14.2. The van der Waals surface area contributed by atoms with E-state index in [-0.39, 0.29) is 12.1 Å². The molecule has 22 heavy (non-hydrogen) atoms. The van der Waals surface area contributed by atoms with E-state index in [2.05, 4.69) is 15.6 Å². The molecule has 1 atom stereocenters. The van der Waals surface area contributed by atoms with Crippen LogP contribution in [0.2, 0.25) is 0 Å². The van der Waals surface area contributed by atoms with Crippen LogP contribution in [0.4, 0.5) is 4.79 Å². The van der Waals surface area contributed by atoms with Gasteiger partial charge in [-0.3, -0.25) is 4.68 Å². The molecule has 0 saturated carbocycles. The van der Waals surface area contributed by atoms with Crippen molar-refractivity contribution in [2.45, 2.75) is 58.2 Å². The van der Waals surface area contributed by atoms with Crippen LogP contribution in [0.1, 0.15) is 40.0 Å². The molecule has 1 unspecified atom stereocenters. The average Bonchev–Trinajstić information content (AvgIpc) is 2.95. The predicted octanol–water partition coefficient (Wildman–Crippen LogP) is 1.66. The number of carbonyl (C=O) groups excluding carboxylic acids is 1. The molecule has 0 spiro atoms. The minimum atomic E-state index is -0.445. The van der Waals surface area contributed by atoms with Crippen LogP contribution in [0.5, 0.6) is 0 Å². The van der Waals surface area contributed by atoms with E-state index in [0.717, 1.165) is 45.4 Å². The molecule has 2 rings (SSSR count). The molecule has 7 heteroatoms. The second-order valence-corrected chi connectivity index (χ2v) is 6.69. The van der Waals surface area contributed by atoms with Crippen LogP contribution >= 0.6 is 0 Å². The highest BCUT2D eigenvalue weighted by atomic mass is 16.6. The van der Waals surface area contributed by atoms with Crippen LogP contribution < -0.4 is 5.32 Å². The SMILES string of the molecule is CC(C)(C)OC(=O)N1CCCCC1CNCCn1ccnn1. The Morgan fingerprint density at radius 2 is 2.23 bits per heavy atom. The Labute approximate surface area is 132 Å². The van der Waals surface area contributed by atoms with Gasteiger partial charge in [0, 0.05) is 31.9 Å². The Kier molecular flexibility index (Phi) is 5.76. The molecule has 7 nitrogen and oxygen atoms in total. The van der Waals surface area contributed by atoms with Gasteiger partial charge < -0.3 is 15.0 Å². The fourth-order valence-electron chi connectivity index (χ4n) is 2.59. The van der Waals surface area contributed by atoms with Gasteiger partial charge in [-0.25, -0.2) is 4.79 Å². The topological polar surface area (TPSA) is 72.3 Å². The normalized spacial score (nSPS) is 19.2. The maximum Gasteiger partial charge on any atom is 0.410 e. The summed E-state index contributed by atoms with van der Waals surface area (Å²) < 4.78 is 7.30. The van der Waals surface area contributed by atoms with Gasteiger partial charge in [-0.05, 0) is 40.0 Å². The van der Waals surface area contributed by atoms with E-state index in [4.69, 9.17) is 4.74 Å². The van der Waals surface area contributed by atoms with Crippen LogP contribution in [-0.2, 0) is 11.3 Å². The zero-order chi connectivity index (χ0) is 16.0. The Morgan fingerprint density at radius 3 is 2.91 bits per heavy atom. The lowest BCUT2D eigenvalue weighted by molar-refractivity contribution is 0.00996. The average molecular weight is 309 g/mol. The van der Waals surface area contributed by atoms with E-state index in [0.29, 0.717) is 0 Å². The molecular formula is C15H27N5O2. The maximum atomic E-state index is 12.3. The number of nitrogens with zero attached hydrogens (tertiary/aromatic N) is 4. The van der Waals surface area contributed by atoms with Gasteiger partial charge in [0.2, 0.25) is 0 Å². The van der Waals surface area contributed by atoms with Gasteiger partial charge in [-0.1, -0.05) is 5.21 Å². The minimum Gasteiger partial charge on any atom is -0.444 e. The molecule has 0 radical (unpaired) electrons. The zero-order valence-electron chi connectivity index (χ0n) is 13.8. The van der Waals surface area contributed by atoms with Crippen molar-refractivity contribution in [3.8, 4) is 0 Å². The summed E-state index contributed by atoms with van der Waals surface area (Å²) >= 11 is 0. The van der Waals surface area contributed by atoms with Crippen LogP contribution in [0.15, 0.2) is 12.4 Å². The van der Waals surface area contributed by atoms with Crippen molar-refractivity contribution in [1.82, 2.24) is 25.2 Å². The first-order chi connectivity index (χ1) is 10.5. The van der Waals surface area contributed by atoms with Crippen molar-refractivity contribution in [3.05, 3.63) is 12.4 Å². The van der Waals surface area contributed by atoms with E-state index in [1.165, 1.54) is 0 Å². The Morgan fingerprint density at radius 1 is 1.41 bits per heavy atom. The summed E-state index contributed by atoms with van der Waals surface area (Å²) in [6.45, 7) is 8.86. The number of aromatic nitrogens is 3. The first kappa shape index (κ1) is 16.7. The standard InChI is InChI=1S/C15H27N5O2/c1-15(2,3)22-14(21)20-9-5-4-6-13(20)12-16-7-10-19-11-8-17-18-19/h8,11,13,16H,4-7,9-10,12H2,1-3H3. The molecule has 1 aliphatic rings. The second kappa shape index (κ2) is 7.58. The maximum absolute atomic E-state index is 12.3. The van der Waals surface area contributed by atoms with E-state index >= 15 is 0 Å². The monoisotopic (exact) mass is 309 g/mol. The summed E-state index contributed by atoms with van der Waals surface area (Å²) in [5, 5.41) is 11.1. The summed E-state index contributed by atoms with van der Waals surface area (Å²) in [5.74, 6) is 0. The summed E-state index contributed by atoms with van der Waals surface area (Å²) in [5.41, 5.74) is -0.445. The molecule has 1 amide bonds. The third-order valence-electron chi connectivity index (χ3n) is 3.62. The van der Waals surface area contributed by atoms with Gasteiger partial charge in [0.25, 0.3) is 0 Å². The number of ether oxygens (including phenoxy) is 1. The number of rotatable bonds is 5. The number of hydrogen-bond acceptors (Lipinski definition) is 5. The number of nitrogens with one attached hydrogen (secondary N) is 1. The third-order valence-corrected chi connectivity index (χ3v) is 3.62. The molecular weight excluding hydrogens is 282 g/mol. The van der Waals surface area contributed by atoms with Crippen molar-refractivity contribution in [3.63, 3.8) is 0 Å². The van der Waals surface area contributed by atoms with Gasteiger partial charge >= 0.3 is 6.09 Å². The fraction of sp³-hybridized carbons (Fsp3) is 0.800. The van der Waals surface area contributed by atoms with E-state index in [1.54, 1.807) is 10.9 Å². The van der Waals surface area contributed by atoms with Crippen molar-refractivity contribution in [1.29, 1.82) is 0 Å². The van der Waals surface area contributed by atoms with Gasteiger partial charge in [0.15, 0.2) is 0 Å². The van der Waals surface area contributed by atoms with Crippen LogP contribution in [-0.4, -0.2) is 57.3 Å². The Hall–Kier alpha value is -1.63. The van der Waals surface area contributed by atoms with Gasteiger partial charge in [0.1, 0.15) is 5.60 Å². The fourth-order valence-corrected chi connectivity index (χ4v) is 2.59. The van der Waals surface area contributed by atoms with Gasteiger partial charge in [-0.2, -0.15) is 0 Å². The van der Waals surface area contributed by atoms with Crippen molar-refractivity contribution in [2.24, 2.45) is 0 Å². The first-order valence-corrected chi connectivity index (χ1v) is 8.00. The van der Waals surface area contributed by atoms with E-state index in [1.807, 2.05) is 31.9 Å². The number of amides is 1. The number of likely N-dealkylation sites (tertiary alicyclic amines) is 1. The largest absolute Gasteiger partial charge is 0.444 e. The highest BCUT2D eigenvalue weighted by molar-refractivity contribution is 5.68. The minimum absolute atomic E-state index is 0.199. The summed E-state index contributed by atoms with van der Waals surface area (Å²) in [7, 11) is 0. The predicted molar refractivity (Wildman–Crippen MR) is 83.5 cm³/mol. The highest BCUT2D eigenvalue weighted by Crippen LogP contribution is 2.19. The number of hydrogen-bond donors (Lipinski definition) is 1. The molecule has 1 aromatic heterocycles. The van der Waals surface area contributed by atoms with Crippen molar-refractivity contribution in [2.75, 3.05) is 19.6 Å². The Bertz CT molecular complexity index is 455. The highest BCUT2D eigenvalue weighted by Gasteiger charge is 2.29. The molecule has 2 heterocycles. The van der Waals surface area contributed by atoms with Gasteiger partial charge in [-0.15, -0.1) is 5.10 Å². The number of piperidine rings is 1. The smallest absolute Gasteiger partial charge is 0.410 e. The molecule has 1 N–H and O–H groups in total. The molecule has 0 aliphatic carbocycles. The van der Waals surface area contributed by atoms with Gasteiger partial charge in [0.05, 0.1) is 12.7 Å². The lowest BCUT2D eigenvalue weighted by atomic mass is 10.0. The number of carbonyl (C=O) groups is 1. The van der Waals surface area contributed by atoms with E-state index < -0.39 is 5.60 Å². The third kappa shape index (κ3) is 5.29. The van der Waals surface area contributed by atoms with Crippen LogP contribution in [0, 0.1) is 0 Å². The molecule has 0 bridgehead atoms. The summed E-state index contributed by atoms with van der Waals surface area (Å²) in [6.07, 6.45) is 6.55. The summed E-state index contributed by atoms with van der Waals surface area (Å²) in [6, 6.07) is 0.208. The van der Waals surface area contributed by atoms with Crippen LogP contribution in [0.25, 0.3) is 0 Å². The molecule has 1 aliphatic heterocycles. The lowest BCUT2D eigenvalue weighted by Gasteiger charge is -2.36. The van der Waals surface area contributed by atoms with Crippen molar-refractivity contribution >= 4 is 6.09 Å². The quantitative estimate of drug-likeness (QED) is 0.838. The molecule has 1 fully saturated rings. The molecule has 1 aromatic rings. The Balaban J connectivity index is 1.77. The zero-order valence-corrected chi connectivity index (χ0v) is 13.8. The molecule has 124 valence electrons. The molecule has 0 aromatic carbocycles. The molecule has 1 saturated heterocycles. The van der Waals surface area contributed by atoms with Crippen molar-refractivity contribution < 1.29 is 9.53 Å². The lowest BCUT2D eigenvalue weighted by Crippen LogP contribution is -2.50. The van der Waals surface area contributed by atoms with E-state index in [9.17, 15) is 4.79 Å². The second-order valence-electron chi connectivity index (χ2n) is 6.69. The van der Waals surface area contributed by atoms with Crippen LogP contribution in [0.3, 0.4) is 0 Å².